The standard InChI is InChI=1S/C12H26N2O2S/c1-11(2,3)10(16)13-8(7-17)9(15)14-12(4,5)6/h8-9,14-15,17H,7H2,1-6H3,(H,13,16). The molecular formula is C12H26N2O2S. The molecule has 0 saturated heterocycles. The van der Waals surface area contributed by atoms with Crippen molar-refractivity contribution in [2.45, 2.75) is 59.4 Å². The molecule has 0 aromatic rings. The van der Waals surface area contributed by atoms with Crippen molar-refractivity contribution in [3.63, 3.8) is 0 Å². The molecule has 0 fully saturated rings. The van der Waals surface area contributed by atoms with Crippen molar-refractivity contribution in [2.24, 2.45) is 5.41 Å². The van der Waals surface area contributed by atoms with Crippen molar-refractivity contribution in [1.82, 2.24) is 10.6 Å². The van der Waals surface area contributed by atoms with Crippen LogP contribution >= 0.6 is 12.6 Å². The molecule has 0 aromatic carbocycles. The van der Waals surface area contributed by atoms with Crippen LogP contribution in [0, 0.1) is 5.41 Å². The summed E-state index contributed by atoms with van der Waals surface area (Å²) in [4.78, 5) is 11.8. The summed E-state index contributed by atoms with van der Waals surface area (Å²) in [5.74, 6) is 0.290. The Kier molecular flexibility index (Phi) is 5.98. The first-order valence-electron chi connectivity index (χ1n) is 5.85. The number of aliphatic hydroxyl groups is 1. The Bertz CT molecular complexity index is 256. The first-order valence-corrected chi connectivity index (χ1v) is 6.48. The fraction of sp³-hybridized carbons (Fsp3) is 0.917. The minimum atomic E-state index is -0.807. The molecule has 4 nitrogen and oxygen atoms in total. The second kappa shape index (κ2) is 6.07. The molecule has 2 atom stereocenters. The molecular weight excluding hydrogens is 236 g/mol. The van der Waals surface area contributed by atoms with Crippen LogP contribution in [0.5, 0.6) is 0 Å². The lowest BCUT2D eigenvalue weighted by molar-refractivity contribution is -0.130. The lowest BCUT2D eigenvalue weighted by atomic mass is 9.95. The van der Waals surface area contributed by atoms with Crippen LogP contribution in [-0.2, 0) is 4.79 Å². The molecule has 0 spiro atoms. The normalized spacial score (nSPS) is 16.5. The summed E-state index contributed by atoms with van der Waals surface area (Å²) in [6.45, 7) is 11.4. The highest BCUT2D eigenvalue weighted by Gasteiger charge is 2.28. The van der Waals surface area contributed by atoms with E-state index in [1.54, 1.807) is 0 Å². The van der Waals surface area contributed by atoms with E-state index < -0.39 is 17.7 Å². The Balaban J connectivity index is 4.49. The van der Waals surface area contributed by atoms with Crippen LogP contribution in [0.2, 0.25) is 0 Å². The highest BCUT2D eigenvalue weighted by atomic mass is 32.1. The van der Waals surface area contributed by atoms with Gasteiger partial charge in [0.2, 0.25) is 5.91 Å². The fourth-order valence-electron chi connectivity index (χ4n) is 1.15. The number of rotatable bonds is 4. The SMILES string of the molecule is CC(C)(C)NC(O)C(CS)NC(=O)C(C)(C)C. The second-order valence-electron chi connectivity index (χ2n) is 6.35. The van der Waals surface area contributed by atoms with Gasteiger partial charge in [-0.1, -0.05) is 20.8 Å². The number of carbonyl (C=O) groups is 1. The highest BCUT2D eigenvalue weighted by Crippen LogP contribution is 2.14. The van der Waals surface area contributed by atoms with Crippen LogP contribution < -0.4 is 10.6 Å². The Hall–Kier alpha value is -0.260. The summed E-state index contributed by atoms with van der Waals surface area (Å²) in [6.07, 6.45) is -0.807. The average molecular weight is 262 g/mol. The molecule has 1 amide bonds. The topological polar surface area (TPSA) is 61.4 Å². The van der Waals surface area contributed by atoms with Crippen LogP contribution in [0.15, 0.2) is 0 Å². The predicted molar refractivity (Wildman–Crippen MR) is 74.1 cm³/mol. The third-order valence-corrected chi connectivity index (χ3v) is 2.55. The number of thiol groups is 1. The minimum Gasteiger partial charge on any atom is -0.376 e. The van der Waals surface area contributed by atoms with Crippen LogP contribution in [-0.4, -0.2) is 34.6 Å². The van der Waals surface area contributed by atoms with E-state index in [0.29, 0.717) is 5.75 Å². The molecule has 17 heavy (non-hydrogen) atoms. The third kappa shape index (κ3) is 6.91. The van der Waals surface area contributed by atoms with E-state index in [-0.39, 0.29) is 11.4 Å². The van der Waals surface area contributed by atoms with Gasteiger partial charge in [-0.15, -0.1) is 0 Å². The Labute approximate surface area is 110 Å². The maximum atomic E-state index is 11.8. The molecule has 5 heteroatoms. The number of hydrogen-bond donors (Lipinski definition) is 4. The maximum Gasteiger partial charge on any atom is 0.225 e. The van der Waals surface area contributed by atoms with Crippen molar-refractivity contribution in [3.05, 3.63) is 0 Å². The molecule has 0 aromatic heterocycles. The van der Waals surface area contributed by atoms with Crippen molar-refractivity contribution in [2.75, 3.05) is 5.75 Å². The summed E-state index contributed by atoms with van der Waals surface area (Å²) in [5, 5.41) is 15.8. The second-order valence-corrected chi connectivity index (χ2v) is 6.72. The Morgan fingerprint density at radius 3 is 2.00 bits per heavy atom. The Morgan fingerprint density at radius 1 is 1.24 bits per heavy atom. The lowest BCUT2D eigenvalue weighted by Gasteiger charge is -2.32. The number of hydrogen-bond acceptors (Lipinski definition) is 4. The first kappa shape index (κ1) is 16.7. The Morgan fingerprint density at radius 2 is 1.71 bits per heavy atom. The molecule has 2 unspecified atom stereocenters. The van der Waals surface area contributed by atoms with Gasteiger partial charge in [-0.3, -0.25) is 10.1 Å². The van der Waals surface area contributed by atoms with E-state index in [9.17, 15) is 9.90 Å². The number of nitrogens with one attached hydrogen (secondary N) is 2. The zero-order valence-electron chi connectivity index (χ0n) is 11.7. The van der Waals surface area contributed by atoms with Gasteiger partial charge in [-0.05, 0) is 20.8 Å². The van der Waals surface area contributed by atoms with Crippen molar-refractivity contribution in [1.29, 1.82) is 0 Å². The van der Waals surface area contributed by atoms with Gasteiger partial charge in [0.25, 0.3) is 0 Å². The van der Waals surface area contributed by atoms with E-state index >= 15 is 0 Å². The number of amides is 1. The van der Waals surface area contributed by atoms with Gasteiger partial charge in [0, 0.05) is 16.7 Å². The predicted octanol–water partition coefficient (Wildman–Crippen LogP) is 1.15. The lowest BCUT2D eigenvalue weighted by Crippen LogP contribution is -2.57. The molecule has 0 aliphatic carbocycles. The van der Waals surface area contributed by atoms with Crippen LogP contribution in [0.1, 0.15) is 41.5 Å². The van der Waals surface area contributed by atoms with E-state index in [1.807, 2.05) is 41.5 Å². The monoisotopic (exact) mass is 262 g/mol. The van der Waals surface area contributed by atoms with Gasteiger partial charge in [-0.25, -0.2) is 0 Å². The zero-order valence-corrected chi connectivity index (χ0v) is 12.6. The molecule has 0 aliphatic rings. The quantitative estimate of drug-likeness (QED) is 0.454. The van der Waals surface area contributed by atoms with E-state index in [2.05, 4.69) is 23.3 Å². The van der Waals surface area contributed by atoms with Crippen LogP contribution in [0.25, 0.3) is 0 Å². The minimum absolute atomic E-state index is 0.0914. The molecule has 0 aliphatic heterocycles. The van der Waals surface area contributed by atoms with Gasteiger partial charge in [-0.2, -0.15) is 12.6 Å². The molecule has 0 radical (unpaired) electrons. The zero-order chi connectivity index (χ0) is 13.9. The molecule has 0 bridgehead atoms. The summed E-state index contributed by atoms with van der Waals surface area (Å²) in [7, 11) is 0. The van der Waals surface area contributed by atoms with Crippen molar-refractivity contribution < 1.29 is 9.90 Å². The van der Waals surface area contributed by atoms with Gasteiger partial charge in [0.1, 0.15) is 6.23 Å². The molecule has 0 rings (SSSR count). The summed E-state index contributed by atoms with van der Waals surface area (Å²) < 4.78 is 0. The smallest absolute Gasteiger partial charge is 0.225 e. The van der Waals surface area contributed by atoms with Gasteiger partial charge in [0.15, 0.2) is 0 Å². The summed E-state index contributed by atoms with van der Waals surface area (Å²) in [5.41, 5.74) is -0.685. The van der Waals surface area contributed by atoms with Crippen molar-refractivity contribution in [3.8, 4) is 0 Å². The number of carbonyl (C=O) groups excluding carboxylic acids is 1. The fourth-order valence-corrected chi connectivity index (χ4v) is 1.44. The van der Waals surface area contributed by atoms with Crippen LogP contribution in [0.3, 0.4) is 0 Å². The maximum absolute atomic E-state index is 11.8. The van der Waals surface area contributed by atoms with E-state index in [4.69, 9.17) is 0 Å². The molecule has 3 N–H and O–H groups in total. The van der Waals surface area contributed by atoms with E-state index in [0.717, 1.165) is 0 Å². The molecule has 102 valence electrons. The molecule has 0 saturated carbocycles. The van der Waals surface area contributed by atoms with Gasteiger partial charge in [0.05, 0.1) is 6.04 Å². The summed E-state index contributed by atoms with van der Waals surface area (Å²) in [6, 6.07) is -0.399. The molecule has 0 heterocycles. The average Bonchev–Trinajstić information content (AvgIpc) is 2.08. The number of aliphatic hydroxyl groups excluding tert-OH is 1. The first-order chi connectivity index (χ1) is 7.47. The highest BCUT2D eigenvalue weighted by molar-refractivity contribution is 7.80. The van der Waals surface area contributed by atoms with Gasteiger partial charge >= 0.3 is 0 Å². The van der Waals surface area contributed by atoms with Gasteiger partial charge < -0.3 is 10.4 Å². The summed E-state index contributed by atoms with van der Waals surface area (Å²) >= 11 is 4.16. The van der Waals surface area contributed by atoms with E-state index in [1.165, 1.54) is 0 Å². The van der Waals surface area contributed by atoms with Crippen molar-refractivity contribution >= 4 is 18.5 Å². The van der Waals surface area contributed by atoms with Crippen LogP contribution in [0.4, 0.5) is 0 Å². The third-order valence-electron chi connectivity index (χ3n) is 2.16. The largest absolute Gasteiger partial charge is 0.376 e.